The minimum Gasteiger partial charge on any atom is -0.460 e. The maximum Gasteiger partial charge on any atom is 0.375 e. The van der Waals surface area contributed by atoms with Crippen LogP contribution < -0.4 is 5.32 Å². The molecule has 2 aliphatic rings. The summed E-state index contributed by atoms with van der Waals surface area (Å²) in [5, 5.41) is 7.82. The lowest BCUT2D eigenvalue weighted by Crippen LogP contribution is -2.40. The van der Waals surface area contributed by atoms with E-state index in [4.69, 9.17) is 19.0 Å². The summed E-state index contributed by atoms with van der Waals surface area (Å²) >= 11 is 0. The van der Waals surface area contributed by atoms with Crippen LogP contribution in [-0.4, -0.2) is 53.0 Å². The summed E-state index contributed by atoms with van der Waals surface area (Å²) in [5.74, 6) is -0.0417. The summed E-state index contributed by atoms with van der Waals surface area (Å²) in [6, 6.07) is 0. The number of carbonyl (C=O) groups excluding carboxylic acids is 2. The Hall–Kier alpha value is -2.68. The molecule has 0 aliphatic carbocycles. The van der Waals surface area contributed by atoms with Crippen LogP contribution in [0, 0.1) is 12.3 Å². The first kappa shape index (κ1) is 20.6. The lowest BCUT2D eigenvalue weighted by Gasteiger charge is -2.36. The second kappa shape index (κ2) is 8.59. The lowest BCUT2D eigenvalue weighted by molar-refractivity contribution is 0.0160. The molecule has 162 valence electrons. The molecule has 4 rings (SSSR count). The van der Waals surface area contributed by atoms with Crippen molar-refractivity contribution in [1.29, 1.82) is 0 Å². The summed E-state index contributed by atoms with van der Waals surface area (Å²) in [7, 11) is 0. The van der Waals surface area contributed by atoms with Crippen molar-refractivity contribution in [3.8, 4) is 0 Å². The van der Waals surface area contributed by atoms with Crippen LogP contribution in [0.15, 0.2) is 10.6 Å². The molecule has 0 bridgehead atoms. The van der Waals surface area contributed by atoms with Gasteiger partial charge in [0.05, 0.1) is 18.5 Å². The molecule has 0 saturated carbocycles. The Morgan fingerprint density at radius 1 is 1.37 bits per heavy atom. The summed E-state index contributed by atoms with van der Waals surface area (Å²) in [5.41, 5.74) is 2.64. The first-order chi connectivity index (χ1) is 14.5. The highest BCUT2D eigenvalue weighted by Crippen LogP contribution is 2.37. The van der Waals surface area contributed by atoms with Crippen molar-refractivity contribution in [2.75, 3.05) is 26.4 Å². The normalized spacial score (nSPS) is 18.0. The maximum atomic E-state index is 12.8. The van der Waals surface area contributed by atoms with E-state index in [9.17, 15) is 9.59 Å². The van der Waals surface area contributed by atoms with E-state index in [1.165, 1.54) is 6.20 Å². The summed E-state index contributed by atoms with van der Waals surface area (Å²) in [6.45, 7) is 6.65. The summed E-state index contributed by atoms with van der Waals surface area (Å²) in [4.78, 5) is 28.7. The SMILES string of the molecule is CCn1nc(CCCOC(=O)c2cnc(C)o2)c2c1C(=O)NCC1(CCOCC1)C2. The molecule has 2 aliphatic heterocycles. The van der Waals surface area contributed by atoms with E-state index in [0.717, 1.165) is 43.7 Å². The Labute approximate surface area is 175 Å². The van der Waals surface area contributed by atoms with E-state index >= 15 is 0 Å². The van der Waals surface area contributed by atoms with Gasteiger partial charge in [-0.1, -0.05) is 0 Å². The number of fused-ring (bicyclic) bond motifs is 1. The first-order valence-electron chi connectivity index (χ1n) is 10.6. The van der Waals surface area contributed by atoms with Gasteiger partial charge in [0.15, 0.2) is 5.89 Å². The topological polar surface area (TPSA) is 108 Å². The van der Waals surface area contributed by atoms with Crippen molar-refractivity contribution in [2.45, 2.75) is 52.5 Å². The van der Waals surface area contributed by atoms with Crippen LogP contribution in [-0.2, 0) is 28.9 Å². The Balaban J connectivity index is 1.46. The van der Waals surface area contributed by atoms with Crippen molar-refractivity contribution in [1.82, 2.24) is 20.1 Å². The third-order valence-corrected chi connectivity index (χ3v) is 5.99. The number of nitrogens with one attached hydrogen (secondary N) is 1. The first-order valence-corrected chi connectivity index (χ1v) is 10.6. The van der Waals surface area contributed by atoms with E-state index in [-0.39, 0.29) is 23.7 Å². The zero-order valence-electron chi connectivity index (χ0n) is 17.5. The third kappa shape index (κ3) is 4.12. The summed E-state index contributed by atoms with van der Waals surface area (Å²) in [6.07, 6.45) is 5.29. The van der Waals surface area contributed by atoms with Crippen LogP contribution in [0.25, 0.3) is 0 Å². The van der Waals surface area contributed by atoms with Crippen molar-refractivity contribution in [3.63, 3.8) is 0 Å². The second-order valence-corrected chi connectivity index (χ2v) is 8.04. The lowest BCUT2D eigenvalue weighted by atomic mass is 9.75. The molecule has 1 spiro atoms. The fourth-order valence-electron chi connectivity index (χ4n) is 4.30. The van der Waals surface area contributed by atoms with Gasteiger partial charge in [-0.25, -0.2) is 9.78 Å². The Morgan fingerprint density at radius 2 is 2.17 bits per heavy atom. The maximum absolute atomic E-state index is 12.8. The Morgan fingerprint density at radius 3 is 2.87 bits per heavy atom. The van der Waals surface area contributed by atoms with Crippen LogP contribution >= 0.6 is 0 Å². The van der Waals surface area contributed by atoms with Crippen molar-refractivity contribution >= 4 is 11.9 Å². The fraction of sp³-hybridized carbons (Fsp3) is 0.619. The number of rotatable bonds is 6. The van der Waals surface area contributed by atoms with Gasteiger partial charge in [-0.2, -0.15) is 5.10 Å². The predicted molar refractivity (Wildman–Crippen MR) is 106 cm³/mol. The molecule has 1 saturated heterocycles. The van der Waals surface area contributed by atoms with E-state index in [1.807, 2.05) is 6.92 Å². The van der Waals surface area contributed by atoms with E-state index in [1.54, 1.807) is 11.6 Å². The molecule has 0 atom stereocenters. The molecule has 0 radical (unpaired) electrons. The molecule has 9 heteroatoms. The summed E-state index contributed by atoms with van der Waals surface area (Å²) < 4.78 is 17.8. The second-order valence-electron chi connectivity index (χ2n) is 8.04. The minimum absolute atomic E-state index is 0.0200. The molecular weight excluding hydrogens is 388 g/mol. The van der Waals surface area contributed by atoms with Gasteiger partial charge in [-0.05, 0) is 44.4 Å². The van der Waals surface area contributed by atoms with Gasteiger partial charge >= 0.3 is 5.97 Å². The van der Waals surface area contributed by atoms with Crippen LogP contribution in [0.1, 0.15) is 64.4 Å². The molecule has 1 fully saturated rings. The Kier molecular flexibility index (Phi) is 5.90. The molecule has 1 N–H and O–H groups in total. The standard InChI is InChI=1S/C21H28N4O5/c1-3-25-18-15(11-21(13-23-19(18)26)6-9-28-10-7-21)16(24-25)5-4-8-29-20(27)17-12-22-14(2)30-17/h12H,3-11,13H2,1-2H3,(H,23,26). The van der Waals surface area contributed by atoms with Gasteiger partial charge in [-0.15, -0.1) is 0 Å². The zero-order chi connectivity index (χ0) is 21.1. The number of aryl methyl sites for hydroxylation is 3. The number of oxazole rings is 1. The number of amides is 1. The van der Waals surface area contributed by atoms with Crippen LogP contribution in [0.5, 0.6) is 0 Å². The van der Waals surface area contributed by atoms with Gasteiger partial charge < -0.3 is 19.2 Å². The average Bonchev–Trinajstić information content (AvgIpc) is 3.30. The molecule has 0 unspecified atom stereocenters. The van der Waals surface area contributed by atoms with Crippen LogP contribution in [0.3, 0.4) is 0 Å². The molecule has 2 aromatic rings. The number of aromatic nitrogens is 3. The van der Waals surface area contributed by atoms with Crippen molar-refractivity contribution in [2.24, 2.45) is 5.41 Å². The van der Waals surface area contributed by atoms with Gasteiger partial charge in [0.2, 0.25) is 5.76 Å². The monoisotopic (exact) mass is 416 g/mol. The molecule has 30 heavy (non-hydrogen) atoms. The molecule has 1 amide bonds. The highest BCUT2D eigenvalue weighted by atomic mass is 16.5. The highest BCUT2D eigenvalue weighted by Gasteiger charge is 2.39. The number of ether oxygens (including phenoxy) is 2. The largest absolute Gasteiger partial charge is 0.460 e. The van der Waals surface area contributed by atoms with Crippen molar-refractivity contribution in [3.05, 3.63) is 34.8 Å². The van der Waals surface area contributed by atoms with Gasteiger partial charge in [0.1, 0.15) is 5.69 Å². The van der Waals surface area contributed by atoms with Crippen LogP contribution in [0.2, 0.25) is 0 Å². The smallest absolute Gasteiger partial charge is 0.375 e. The van der Waals surface area contributed by atoms with Gasteiger partial charge in [0.25, 0.3) is 5.91 Å². The number of esters is 1. The number of hydrogen-bond acceptors (Lipinski definition) is 7. The zero-order valence-corrected chi connectivity index (χ0v) is 17.5. The Bertz CT molecular complexity index is 926. The molecule has 9 nitrogen and oxygen atoms in total. The number of carbonyl (C=O) groups is 2. The molecule has 2 aromatic heterocycles. The minimum atomic E-state index is -0.519. The number of nitrogens with zero attached hydrogens (tertiary/aromatic N) is 3. The fourth-order valence-corrected chi connectivity index (χ4v) is 4.30. The van der Waals surface area contributed by atoms with Crippen molar-refractivity contribution < 1.29 is 23.5 Å². The van der Waals surface area contributed by atoms with Gasteiger partial charge in [-0.3, -0.25) is 9.48 Å². The van der Waals surface area contributed by atoms with E-state index in [0.29, 0.717) is 37.5 Å². The highest BCUT2D eigenvalue weighted by molar-refractivity contribution is 5.94. The van der Waals surface area contributed by atoms with Gasteiger partial charge in [0, 0.05) is 38.8 Å². The van der Waals surface area contributed by atoms with E-state index in [2.05, 4.69) is 10.3 Å². The van der Waals surface area contributed by atoms with E-state index < -0.39 is 5.97 Å². The quantitative estimate of drug-likeness (QED) is 0.567. The molecule has 4 heterocycles. The third-order valence-electron chi connectivity index (χ3n) is 5.99. The molecular formula is C21H28N4O5. The number of hydrogen-bond donors (Lipinski definition) is 1. The average molecular weight is 416 g/mol. The van der Waals surface area contributed by atoms with Crippen LogP contribution in [0.4, 0.5) is 0 Å². The molecule has 0 aromatic carbocycles. The predicted octanol–water partition coefficient (Wildman–Crippen LogP) is 2.07.